The second kappa shape index (κ2) is 9.09. The van der Waals surface area contributed by atoms with Crippen molar-refractivity contribution in [3.8, 4) is 11.5 Å². The molecule has 8 heteroatoms. The predicted octanol–water partition coefficient (Wildman–Crippen LogP) is 4.48. The normalized spacial score (nSPS) is 15.0. The summed E-state index contributed by atoms with van der Waals surface area (Å²) in [7, 11) is 0. The number of carbonyl (C=O) groups excluding carboxylic acids is 2. The number of hydrogen-bond acceptors (Lipinski definition) is 4. The molecule has 1 fully saturated rings. The smallest absolute Gasteiger partial charge is 0.328 e. The van der Waals surface area contributed by atoms with Crippen molar-refractivity contribution in [3.05, 3.63) is 63.5 Å². The number of imide groups is 1. The zero-order valence-corrected chi connectivity index (χ0v) is 17.6. The van der Waals surface area contributed by atoms with Gasteiger partial charge in [0.2, 0.25) is 0 Å². The molecule has 1 N–H and O–H groups in total. The molecule has 1 heterocycles. The molecule has 0 aliphatic carbocycles. The van der Waals surface area contributed by atoms with Gasteiger partial charge in [-0.3, -0.25) is 9.69 Å². The summed E-state index contributed by atoms with van der Waals surface area (Å²) in [5.41, 5.74) is 1.53. The third kappa shape index (κ3) is 4.76. The van der Waals surface area contributed by atoms with Gasteiger partial charge in [0.05, 0.1) is 11.1 Å². The van der Waals surface area contributed by atoms with Crippen molar-refractivity contribution >= 4 is 33.9 Å². The summed E-state index contributed by atoms with van der Waals surface area (Å²) in [5.74, 6) is 0.226. The van der Waals surface area contributed by atoms with Crippen LogP contribution in [0.3, 0.4) is 0 Å². The van der Waals surface area contributed by atoms with Gasteiger partial charge in [-0.2, -0.15) is 0 Å². The van der Waals surface area contributed by atoms with Crippen molar-refractivity contribution in [3.63, 3.8) is 0 Å². The van der Waals surface area contributed by atoms with Crippen molar-refractivity contribution < 1.29 is 23.5 Å². The molecule has 1 aliphatic heterocycles. The van der Waals surface area contributed by atoms with Crippen molar-refractivity contribution in [2.45, 2.75) is 20.5 Å². The fourth-order valence-electron chi connectivity index (χ4n) is 2.88. The van der Waals surface area contributed by atoms with E-state index in [0.717, 1.165) is 4.90 Å². The predicted molar refractivity (Wildman–Crippen MR) is 110 cm³/mol. The average Bonchev–Trinajstić information content (AvgIpc) is 2.94. The Bertz CT molecular complexity index is 977. The van der Waals surface area contributed by atoms with Crippen LogP contribution >= 0.6 is 15.9 Å². The molecule has 0 unspecified atom stereocenters. The molecule has 3 amide bonds. The Morgan fingerprint density at radius 1 is 1.17 bits per heavy atom. The van der Waals surface area contributed by atoms with E-state index in [2.05, 4.69) is 21.2 Å². The van der Waals surface area contributed by atoms with E-state index in [4.69, 9.17) is 9.47 Å². The van der Waals surface area contributed by atoms with Gasteiger partial charge in [-0.25, -0.2) is 9.18 Å². The van der Waals surface area contributed by atoms with E-state index in [1.165, 1.54) is 12.1 Å². The summed E-state index contributed by atoms with van der Waals surface area (Å²) >= 11 is 3.47. The number of urea groups is 1. The Morgan fingerprint density at radius 3 is 2.62 bits per heavy atom. The van der Waals surface area contributed by atoms with E-state index >= 15 is 0 Å². The zero-order valence-electron chi connectivity index (χ0n) is 16.0. The van der Waals surface area contributed by atoms with Crippen LogP contribution in [0, 0.1) is 5.82 Å². The lowest BCUT2D eigenvalue weighted by molar-refractivity contribution is -0.122. The molecule has 0 saturated carbocycles. The molecule has 3 rings (SSSR count). The van der Waals surface area contributed by atoms with E-state index in [-0.39, 0.29) is 24.0 Å². The highest BCUT2D eigenvalue weighted by atomic mass is 79.9. The first-order valence-electron chi connectivity index (χ1n) is 9.11. The van der Waals surface area contributed by atoms with Crippen LogP contribution in [0.2, 0.25) is 0 Å². The first-order valence-corrected chi connectivity index (χ1v) is 9.90. The van der Waals surface area contributed by atoms with Crippen molar-refractivity contribution in [1.29, 1.82) is 0 Å². The summed E-state index contributed by atoms with van der Waals surface area (Å²) in [5, 5.41) is 2.57. The second-order valence-electron chi connectivity index (χ2n) is 6.22. The lowest BCUT2D eigenvalue weighted by Gasteiger charge is -2.15. The van der Waals surface area contributed by atoms with Gasteiger partial charge >= 0.3 is 6.03 Å². The van der Waals surface area contributed by atoms with Crippen LogP contribution in [0.5, 0.6) is 11.5 Å². The molecule has 0 atom stereocenters. The van der Waals surface area contributed by atoms with Crippen molar-refractivity contribution in [2.24, 2.45) is 0 Å². The van der Waals surface area contributed by atoms with Crippen LogP contribution in [0.15, 0.2) is 46.6 Å². The van der Waals surface area contributed by atoms with Crippen LogP contribution in [-0.4, -0.2) is 30.0 Å². The minimum Gasteiger partial charge on any atom is -0.490 e. The standard InChI is InChI=1S/C21H20BrFN2O4/c1-3-25-20(26)17(24-21(25)27)10-14-9-16(22)19(18(11-14)28-4-2)29-12-13-6-5-7-15(23)8-13/h5-11H,3-4,12H2,1-2H3,(H,24,27)/b17-10+. The van der Waals surface area contributed by atoms with Crippen LogP contribution in [0.1, 0.15) is 25.0 Å². The van der Waals surface area contributed by atoms with Crippen molar-refractivity contribution in [1.82, 2.24) is 10.2 Å². The molecule has 0 radical (unpaired) electrons. The van der Waals surface area contributed by atoms with E-state index in [1.807, 2.05) is 6.92 Å². The Kier molecular flexibility index (Phi) is 6.53. The van der Waals surface area contributed by atoms with Gasteiger partial charge in [0.1, 0.15) is 18.1 Å². The zero-order chi connectivity index (χ0) is 21.0. The number of rotatable bonds is 7. The molecule has 0 bridgehead atoms. The molecule has 1 saturated heterocycles. The maximum atomic E-state index is 13.4. The van der Waals surface area contributed by atoms with Crippen LogP contribution in [0.25, 0.3) is 6.08 Å². The topological polar surface area (TPSA) is 67.9 Å². The fraction of sp³-hybridized carbons (Fsp3) is 0.238. The number of benzene rings is 2. The number of amides is 3. The molecule has 0 spiro atoms. The molecular formula is C21H20BrFN2O4. The highest BCUT2D eigenvalue weighted by Gasteiger charge is 2.32. The van der Waals surface area contributed by atoms with E-state index in [9.17, 15) is 14.0 Å². The molecule has 6 nitrogen and oxygen atoms in total. The molecule has 29 heavy (non-hydrogen) atoms. The quantitative estimate of drug-likeness (QED) is 0.486. The third-order valence-electron chi connectivity index (χ3n) is 4.19. The monoisotopic (exact) mass is 462 g/mol. The van der Waals surface area contributed by atoms with Crippen LogP contribution in [-0.2, 0) is 11.4 Å². The van der Waals surface area contributed by atoms with Gasteiger partial charge in [-0.1, -0.05) is 12.1 Å². The van der Waals surface area contributed by atoms with Gasteiger partial charge in [-0.15, -0.1) is 0 Å². The summed E-state index contributed by atoms with van der Waals surface area (Å²) in [6.07, 6.45) is 1.58. The number of likely N-dealkylation sites (N-methyl/N-ethyl adjacent to an activating group) is 1. The maximum Gasteiger partial charge on any atom is 0.328 e. The number of halogens is 2. The number of nitrogens with zero attached hydrogens (tertiary/aromatic N) is 1. The van der Waals surface area contributed by atoms with Crippen LogP contribution in [0.4, 0.5) is 9.18 Å². The number of nitrogens with one attached hydrogen (secondary N) is 1. The molecule has 2 aromatic carbocycles. The fourth-order valence-corrected chi connectivity index (χ4v) is 3.46. The lowest BCUT2D eigenvalue weighted by atomic mass is 10.1. The lowest BCUT2D eigenvalue weighted by Crippen LogP contribution is -2.30. The Morgan fingerprint density at radius 2 is 1.97 bits per heavy atom. The van der Waals surface area contributed by atoms with Gasteiger partial charge in [-0.05, 0) is 71.2 Å². The van der Waals surface area contributed by atoms with Crippen molar-refractivity contribution in [2.75, 3.05) is 13.2 Å². The highest BCUT2D eigenvalue weighted by Crippen LogP contribution is 2.38. The molecule has 152 valence electrons. The summed E-state index contributed by atoms with van der Waals surface area (Å²) < 4.78 is 25.5. The Labute approximate surface area is 176 Å². The second-order valence-corrected chi connectivity index (χ2v) is 7.07. The Balaban J connectivity index is 1.87. The van der Waals surface area contributed by atoms with Gasteiger partial charge < -0.3 is 14.8 Å². The largest absolute Gasteiger partial charge is 0.490 e. The highest BCUT2D eigenvalue weighted by molar-refractivity contribution is 9.10. The van der Waals surface area contributed by atoms with Crippen LogP contribution < -0.4 is 14.8 Å². The number of carbonyl (C=O) groups is 2. The summed E-state index contributed by atoms with van der Waals surface area (Å²) in [6, 6.07) is 9.19. The van der Waals surface area contributed by atoms with E-state index in [1.54, 1.807) is 37.3 Å². The van der Waals surface area contributed by atoms with Gasteiger partial charge in [0.25, 0.3) is 5.91 Å². The SMILES string of the molecule is CCOc1cc(/C=C2/NC(=O)N(CC)C2=O)cc(Br)c1OCc1cccc(F)c1. The number of hydrogen-bond donors (Lipinski definition) is 1. The first-order chi connectivity index (χ1) is 13.9. The average molecular weight is 463 g/mol. The van der Waals surface area contributed by atoms with Gasteiger partial charge in [0.15, 0.2) is 11.5 Å². The van der Waals surface area contributed by atoms with E-state index in [0.29, 0.717) is 40.3 Å². The first kappa shape index (κ1) is 20.9. The maximum absolute atomic E-state index is 13.4. The summed E-state index contributed by atoms with van der Waals surface area (Å²) in [6.45, 7) is 4.44. The molecule has 0 aromatic heterocycles. The molecular weight excluding hydrogens is 443 g/mol. The minimum absolute atomic E-state index is 0.164. The minimum atomic E-state index is -0.442. The van der Waals surface area contributed by atoms with Gasteiger partial charge in [0, 0.05) is 6.54 Å². The number of ether oxygens (including phenoxy) is 2. The Hall–Kier alpha value is -2.87. The third-order valence-corrected chi connectivity index (χ3v) is 4.78. The van der Waals surface area contributed by atoms with E-state index < -0.39 is 6.03 Å². The molecule has 1 aliphatic rings. The summed E-state index contributed by atoms with van der Waals surface area (Å²) in [4.78, 5) is 25.2. The molecule has 2 aromatic rings.